The van der Waals surface area contributed by atoms with Gasteiger partial charge < -0.3 is 14.6 Å². The lowest BCUT2D eigenvalue weighted by atomic mass is 9.96. The number of aryl methyl sites for hydroxylation is 1. The molecule has 1 saturated heterocycles. The number of carboxylic acids is 1. The van der Waals surface area contributed by atoms with Gasteiger partial charge in [0.1, 0.15) is 0 Å². The van der Waals surface area contributed by atoms with Crippen LogP contribution in [0, 0.1) is 12.8 Å². The number of sulfonamides is 1. The first kappa shape index (κ1) is 16.1. The molecule has 0 saturated carbocycles. The van der Waals surface area contributed by atoms with E-state index in [2.05, 4.69) is 0 Å². The van der Waals surface area contributed by atoms with Gasteiger partial charge in [0.05, 0.1) is 4.90 Å². The van der Waals surface area contributed by atoms with Crippen LogP contribution in [0.4, 0.5) is 0 Å². The summed E-state index contributed by atoms with van der Waals surface area (Å²) in [6.45, 7) is 2.45. The Kier molecular flexibility index (Phi) is 4.20. The van der Waals surface area contributed by atoms with Gasteiger partial charge >= 0.3 is 5.97 Å². The van der Waals surface area contributed by atoms with E-state index < -0.39 is 16.0 Å². The van der Waals surface area contributed by atoms with Crippen LogP contribution in [0.3, 0.4) is 0 Å². The Bertz CT molecular complexity index is 730. The van der Waals surface area contributed by atoms with E-state index in [4.69, 9.17) is 14.6 Å². The molecule has 23 heavy (non-hydrogen) atoms. The second kappa shape index (κ2) is 6.01. The number of aliphatic carboxylic acids is 1. The number of hydrogen-bond acceptors (Lipinski definition) is 5. The van der Waals surface area contributed by atoms with Gasteiger partial charge in [-0.25, -0.2) is 8.42 Å². The van der Waals surface area contributed by atoms with Crippen molar-refractivity contribution in [2.75, 3.05) is 19.9 Å². The van der Waals surface area contributed by atoms with Crippen molar-refractivity contribution >= 4 is 16.0 Å². The number of piperidine rings is 1. The molecule has 7 nitrogen and oxygen atoms in total. The molecule has 8 heteroatoms. The van der Waals surface area contributed by atoms with Crippen LogP contribution in [-0.4, -0.2) is 43.7 Å². The standard InChI is InChI=1S/C15H19NO6S/c1-10-5-12-13(22-9-21-12)7-14(10)23(19,20)16-4-2-3-11(8-16)6-15(17)18/h5,7,11H,2-4,6,8-9H2,1H3,(H,17,18). The number of rotatable bonds is 4. The highest BCUT2D eigenvalue weighted by Gasteiger charge is 2.33. The van der Waals surface area contributed by atoms with Gasteiger partial charge in [0.25, 0.3) is 0 Å². The zero-order chi connectivity index (χ0) is 16.6. The number of nitrogens with zero attached hydrogens (tertiary/aromatic N) is 1. The third kappa shape index (κ3) is 3.13. The zero-order valence-electron chi connectivity index (χ0n) is 12.8. The fourth-order valence-electron chi connectivity index (χ4n) is 3.10. The predicted molar refractivity (Wildman–Crippen MR) is 81.0 cm³/mol. The van der Waals surface area contributed by atoms with E-state index in [-0.39, 0.29) is 30.6 Å². The largest absolute Gasteiger partial charge is 0.481 e. The van der Waals surface area contributed by atoms with Gasteiger partial charge in [0, 0.05) is 25.6 Å². The maximum atomic E-state index is 12.9. The highest BCUT2D eigenvalue weighted by atomic mass is 32.2. The van der Waals surface area contributed by atoms with Gasteiger partial charge in [-0.2, -0.15) is 4.31 Å². The van der Waals surface area contributed by atoms with E-state index >= 15 is 0 Å². The fraction of sp³-hybridized carbons (Fsp3) is 0.533. The van der Waals surface area contributed by atoms with E-state index in [1.54, 1.807) is 13.0 Å². The first-order chi connectivity index (χ1) is 10.9. The van der Waals surface area contributed by atoms with Gasteiger partial charge in [0.2, 0.25) is 16.8 Å². The molecule has 3 rings (SSSR count). The van der Waals surface area contributed by atoms with Crippen molar-refractivity contribution in [3.05, 3.63) is 17.7 Å². The van der Waals surface area contributed by atoms with Crippen LogP contribution >= 0.6 is 0 Å². The van der Waals surface area contributed by atoms with Crippen LogP contribution in [-0.2, 0) is 14.8 Å². The van der Waals surface area contributed by atoms with E-state index in [1.165, 1.54) is 10.4 Å². The number of ether oxygens (including phenoxy) is 2. The first-order valence-electron chi connectivity index (χ1n) is 7.50. The van der Waals surface area contributed by atoms with Crippen molar-refractivity contribution in [3.8, 4) is 11.5 Å². The second-order valence-electron chi connectivity index (χ2n) is 5.94. The summed E-state index contributed by atoms with van der Waals surface area (Å²) in [5.41, 5.74) is 0.592. The van der Waals surface area contributed by atoms with Gasteiger partial charge in [0.15, 0.2) is 11.5 Å². The molecule has 1 N–H and O–H groups in total. The van der Waals surface area contributed by atoms with E-state index in [0.717, 1.165) is 6.42 Å². The van der Waals surface area contributed by atoms with Gasteiger partial charge in [-0.05, 0) is 37.3 Å². The third-order valence-corrected chi connectivity index (χ3v) is 6.24. The Morgan fingerprint density at radius 2 is 2.04 bits per heavy atom. The minimum Gasteiger partial charge on any atom is -0.481 e. The molecule has 0 bridgehead atoms. The lowest BCUT2D eigenvalue weighted by molar-refractivity contribution is -0.138. The molecule has 0 aliphatic carbocycles. The SMILES string of the molecule is Cc1cc2c(cc1S(=O)(=O)N1CCCC(CC(=O)O)C1)OCO2. The monoisotopic (exact) mass is 341 g/mol. The molecule has 1 unspecified atom stereocenters. The lowest BCUT2D eigenvalue weighted by Gasteiger charge is -2.31. The molecule has 126 valence electrons. The fourth-order valence-corrected chi connectivity index (χ4v) is 4.88. The van der Waals surface area contributed by atoms with Crippen LogP contribution in [0.2, 0.25) is 0 Å². The van der Waals surface area contributed by atoms with Crippen molar-refractivity contribution in [1.82, 2.24) is 4.31 Å². The second-order valence-corrected chi connectivity index (χ2v) is 7.85. The number of benzene rings is 1. The molecule has 1 fully saturated rings. The van der Waals surface area contributed by atoms with Crippen molar-refractivity contribution in [3.63, 3.8) is 0 Å². The number of hydrogen-bond donors (Lipinski definition) is 1. The summed E-state index contributed by atoms with van der Waals surface area (Å²) in [5.74, 6) is -0.0732. The van der Waals surface area contributed by atoms with E-state index in [0.29, 0.717) is 30.0 Å². The Morgan fingerprint density at radius 1 is 1.35 bits per heavy atom. The van der Waals surface area contributed by atoms with Crippen LogP contribution in [0.1, 0.15) is 24.8 Å². The molecular formula is C15H19NO6S. The molecule has 0 radical (unpaired) electrons. The van der Waals surface area contributed by atoms with Crippen molar-refractivity contribution < 1.29 is 27.8 Å². The molecule has 0 spiro atoms. The van der Waals surface area contributed by atoms with Crippen LogP contribution in [0.15, 0.2) is 17.0 Å². The predicted octanol–water partition coefficient (Wildman–Crippen LogP) is 1.60. The highest BCUT2D eigenvalue weighted by molar-refractivity contribution is 7.89. The Balaban J connectivity index is 1.88. The van der Waals surface area contributed by atoms with Gasteiger partial charge in [-0.15, -0.1) is 0 Å². The third-order valence-electron chi connectivity index (χ3n) is 4.23. The quantitative estimate of drug-likeness (QED) is 0.894. The number of fused-ring (bicyclic) bond motifs is 1. The molecule has 1 atom stereocenters. The van der Waals surface area contributed by atoms with Crippen molar-refractivity contribution in [1.29, 1.82) is 0 Å². The van der Waals surface area contributed by atoms with Gasteiger partial charge in [-0.1, -0.05) is 0 Å². The summed E-state index contributed by atoms with van der Waals surface area (Å²) in [7, 11) is -3.68. The smallest absolute Gasteiger partial charge is 0.303 e. The molecule has 1 aromatic carbocycles. The lowest BCUT2D eigenvalue weighted by Crippen LogP contribution is -2.40. The maximum absolute atomic E-state index is 12.9. The first-order valence-corrected chi connectivity index (χ1v) is 8.94. The van der Waals surface area contributed by atoms with Gasteiger partial charge in [-0.3, -0.25) is 4.79 Å². The average Bonchev–Trinajstić information content (AvgIpc) is 2.93. The molecule has 2 heterocycles. The highest BCUT2D eigenvalue weighted by Crippen LogP contribution is 2.37. The summed E-state index contributed by atoms with van der Waals surface area (Å²) in [6.07, 6.45) is 1.39. The Hall–Kier alpha value is -1.80. The van der Waals surface area contributed by atoms with E-state index in [1.807, 2.05) is 0 Å². The summed E-state index contributed by atoms with van der Waals surface area (Å²) in [4.78, 5) is 11.1. The molecular weight excluding hydrogens is 322 g/mol. The molecule has 1 aromatic rings. The summed E-state index contributed by atoms with van der Waals surface area (Å²) >= 11 is 0. The summed E-state index contributed by atoms with van der Waals surface area (Å²) in [6, 6.07) is 3.15. The Labute approximate surface area is 134 Å². The molecule has 2 aliphatic rings. The van der Waals surface area contributed by atoms with Crippen molar-refractivity contribution in [2.45, 2.75) is 31.1 Å². The summed E-state index contributed by atoms with van der Waals surface area (Å²) < 4.78 is 37.8. The molecule has 2 aliphatic heterocycles. The molecule has 0 aromatic heterocycles. The van der Waals surface area contributed by atoms with E-state index in [9.17, 15) is 13.2 Å². The Morgan fingerprint density at radius 3 is 2.74 bits per heavy atom. The maximum Gasteiger partial charge on any atom is 0.303 e. The van der Waals surface area contributed by atoms with Crippen molar-refractivity contribution in [2.24, 2.45) is 5.92 Å². The van der Waals surface area contributed by atoms with Crippen LogP contribution in [0.5, 0.6) is 11.5 Å². The topological polar surface area (TPSA) is 93.1 Å². The summed E-state index contributed by atoms with van der Waals surface area (Å²) in [5, 5.41) is 8.92. The average molecular weight is 341 g/mol. The molecule has 0 amide bonds. The minimum atomic E-state index is -3.68. The zero-order valence-corrected chi connectivity index (χ0v) is 13.6. The number of carbonyl (C=O) groups is 1. The number of carboxylic acid groups (broad SMARTS) is 1. The normalized spacial score (nSPS) is 21.3. The van der Waals surface area contributed by atoms with Crippen LogP contribution < -0.4 is 9.47 Å². The minimum absolute atomic E-state index is 0.00780. The van der Waals surface area contributed by atoms with Crippen LogP contribution in [0.25, 0.3) is 0 Å².